The van der Waals surface area contributed by atoms with Crippen molar-refractivity contribution in [2.24, 2.45) is 0 Å². The van der Waals surface area contributed by atoms with Crippen molar-refractivity contribution in [2.45, 2.75) is 19.8 Å². The molecule has 1 heterocycles. The second kappa shape index (κ2) is 6.73. The second-order valence-corrected chi connectivity index (χ2v) is 5.35. The zero-order chi connectivity index (χ0) is 14.5. The predicted octanol–water partition coefficient (Wildman–Crippen LogP) is 4.27. The summed E-state index contributed by atoms with van der Waals surface area (Å²) in [5, 5.41) is 3.94. The number of nitrogens with zero attached hydrogens (tertiary/aromatic N) is 1. The number of hydrogen-bond donors (Lipinski definition) is 1. The summed E-state index contributed by atoms with van der Waals surface area (Å²) in [5.41, 5.74) is 1.96. The van der Waals surface area contributed by atoms with Crippen LogP contribution in [-0.2, 0) is 11.2 Å². The third kappa shape index (κ3) is 4.22. The van der Waals surface area contributed by atoms with Crippen LogP contribution in [-0.4, -0.2) is 10.9 Å². The lowest BCUT2D eigenvalue weighted by Crippen LogP contribution is -2.13. The average molecular weight is 309 g/mol. The fraction of sp³-hybridized carbons (Fsp3) is 0.200. The van der Waals surface area contributed by atoms with Gasteiger partial charge in [-0.1, -0.05) is 29.3 Å². The van der Waals surface area contributed by atoms with Gasteiger partial charge in [-0.15, -0.1) is 0 Å². The van der Waals surface area contributed by atoms with Gasteiger partial charge in [-0.05, 0) is 48.7 Å². The zero-order valence-electron chi connectivity index (χ0n) is 11.0. The minimum Gasteiger partial charge on any atom is -0.311 e. The molecule has 2 aromatic rings. The number of anilines is 1. The molecule has 1 N–H and O–H groups in total. The first-order valence-electron chi connectivity index (χ1n) is 6.21. The van der Waals surface area contributed by atoms with Crippen LogP contribution in [0.3, 0.4) is 0 Å². The molecule has 5 heteroatoms. The number of carbonyl (C=O) groups excluding carboxylic acids is 1. The van der Waals surface area contributed by atoms with E-state index in [9.17, 15) is 4.79 Å². The number of nitrogens with one attached hydrogen (secondary N) is 1. The van der Waals surface area contributed by atoms with E-state index in [0.29, 0.717) is 28.7 Å². The molecule has 104 valence electrons. The number of rotatable bonds is 4. The summed E-state index contributed by atoms with van der Waals surface area (Å²) >= 11 is 11.9. The Kier molecular flexibility index (Phi) is 4.99. The number of halogens is 2. The second-order valence-electron chi connectivity index (χ2n) is 4.50. The topological polar surface area (TPSA) is 42.0 Å². The van der Waals surface area contributed by atoms with Gasteiger partial charge in [0.2, 0.25) is 5.91 Å². The molecule has 0 aliphatic heterocycles. The Morgan fingerprint density at radius 3 is 2.75 bits per heavy atom. The SMILES string of the molecule is Cc1ccnc(NC(=O)CCc2ccc(Cl)cc2Cl)c1. The minimum atomic E-state index is -0.0888. The molecule has 0 aliphatic rings. The van der Waals surface area contributed by atoms with Gasteiger partial charge in [0.15, 0.2) is 0 Å². The number of aromatic nitrogens is 1. The van der Waals surface area contributed by atoms with Gasteiger partial charge in [0.25, 0.3) is 0 Å². The zero-order valence-corrected chi connectivity index (χ0v) is 12.5. The maximum atomic E-state index is 11.9. The molecule has 1 aromatic carbocycles. The summed E-state index contributed by atoms with van der Waals surface area (Å²) in [6.07, 6.45) is 2.58. The number of benzene rings is 1. The van der Waals surface area contributed by atoms with Crippen LogP contribution in [0, 0.1) is 6.92 Å². The van der Waals surface area contributed by atoms with Gasteiger partial charge in [-0.3, -0.25) is 4.79 Å². The van der Waals surface area contributed by atoms with Crippen LogP contribution >= 0.6 is 23.2 Å². The summed E-state index contributed by atoms with van der Waals surface area (Å²) in [6, 6.07) is 8.99. The first-order chi connectivity index (χ1) is 9.54. The molecule has 20 heavy (non-hydrogen) atoms. The van der Waals surface area contributed by atoms with Crippen LogP contribution in [0.4, 0.5) is 5.82 Å². The van der Waals surface area contributed by atoms with E-state index in [4.69, 9.17) is 23.2 Å². The van der Waals surface area contributed by atoms with Crippen molar-refractivity contribution in [1.29, 1.82) is 0 Å². The third-order valence-electron chi connectivity index (χ3n) is 2.82. The average Bonchev–Trinajstić information content (AvgIpc) is 2.37. The van der Waals surface area contributed by atoms with E-state index in [1.54, 1.807) is 18.3 Å². The standard InChI is InChI=1S/C15H14Cl2N2O/c1-10-6-7-18-14(8-10)19-15(20)5-3-11-2-4-12(16)9-13(11)17/h2,4,6-9H,3,5H2,1H3,(H,18,19,20). The number of pyridine rings is 1. The third-order valence-corrected chi connectivity index (χ3v) is 3.41. The molecule has 0 unspecified atom stereocenters. The Balaban J connectivity index is 1.92. The number of amides is 1. The first kappa shape index (κ1) is 14.8. The van der Waals surface area contributed by atoms with E-state index < -0.39 is 0 Å². The summed E-state index contributed by atoms with van der Waals surface area (Å²) < 4.78 is 0. The summed E-state index contributed by atoms with van der Waals surface area (Å²) in [7, 11) is 0. The van der Waals surface area contributed by atoms with E-state index in [1.165, 1.54) is 0 Å². The maximum Gasteiger partial charge on any atom is 0.225 e. The van der Waals surface area contributed by atoms with Crippen LogP contribution in [0.25, 0.3) is 0 Å². The smallest absolute Gasteiger partial charge is 0.225 e. The molecule has 0 radical (unpaired) electrons. The predicted molar refractivity (Wildman–Crippen MR) is 82.4 cm³/mol. The normalized spacial score (nSPS) is 10.3. The quantitative estimate of drug-likeness (QED) is 0.916. The van der Waals surface area contributed by atoms with E-state index in [-0.39, 0.29) is 5.91 Å². The summed E-state index contributed by atoms with van der Waals surface area (Å²) in [6.45, 7) is 1.95. The van der Waals surface area contributed by atoms with Crippen molar-refractivity contribution in [3.05, 3.63) is 57.7 Å². The molecule has 0 spiro atoms. The molecule has 0 atom stereocenters. The van der Waals surface area contributed by atoms with E-state index in [0.717, 1.165) is 11.1 Å². The number of aryl methyl sites for hydroxylation is 2. The first-order valence-corrected chi connectivity index (χ1v) is 6.96. The van der Waals surface area contributed by atoms with Gasteiger partial charge in [-0.25, -0.2) is 4.98 Å². The molecule has 0 aliphatic carbocycles. The van der Waals surface area contributed by atoms with Crippen molar-refractivity contribution in [3.8, 4) is 0 Å². The Labute approximate surface area is 127 Å². The van der Waals surface area contributed by atoms with E-state index in [1.807, 2.05) is 25.1 Å². The molecule has 2 rings (SSSR count). The van der Waals surface area contributed by atoms with Crippen LogP contribution in [0.15, 0.2) is 36.5 Å². The lowest BCUT2D eigenvalue weighted by atomic mass is 10.1. The fourth-order valence-electron chi connectivity index (χ4n) is 1.78. The Morgan fingerprint density at radius 1 is 1.25 bits per heavy atom. The molecule has 1 amide bonds. The monoisotopic (exact) mass is 308 g/mol. The van der Waals surface area contributed by atoms with Gasteiger partial charge in [0.05, 0.1) is 0 Å². The largest absolute Gasteiger partial charge is 0.311 e. The van der Waals surface area contributed by atoms with Crippen LogP contribution in [0.2, 0.25) is 10.0 Å². The van der Waals surface area contributed by atoms with Gasteiger partial charge in [0.1, 0.15) is 5.82 Å². The highest BCUT2D eigenvalue weighted by molar-refractivity contribution is 6.35. The Hall–Kier alpha value is -1.58. The molecular formula is C15H14Cl2N2O. The molecule has 3 nitrogen and oxygen atoms in total. The van der Waals surface area contributed by atoms with Crippen molar-refractivity contribution >= 4 is 34.9 Å². The number of carbonyl (C=O) groups is 1. The lowest BCUT2D eigenvalue weighted by Gasteiger charge is -2.06. The van der Waals surface area contributed by atoms with E-state index in [2.05, 4.69) is 10.3 Å². The highest BCUT2D eigenvalue weighted by Gasteiger charge is 2.07. The van der Waals surface area contributed by atoms with Crippen molar-refractivity contribution in [1.82, 2.24) is 4.98 Å². The lowest BCUT2D eigenvalue weighted by molar-refractivity contribution is -0.116. The number of hydrogen-bond acceptors (Lipinski definition) is 2. The van der Waals surface area contributed by atoms with Gasteiger partial charge < -0.3 is 5.32 Å². The minimum absolute atomic E-state index is 0.0888. The molecule has 0 saturated heterocycles. The molecule has 0 saturated carbocycles. The highest BCUT2D eigenvalue weighted by atomic mass is 35.5. The van der Waals surface area contributed by atoms with Crippen molar-refractivity contribution in [3.63, 3.8) is 0 Å². The summed E-state index contributed by atoms with van der Waals surface area (Å²) in [5.74, 6) is 0.478. The van der Waals surface area contributed by atoms with Gasteiger partial charge >= 0.3 is 0 Å². The Bertz CT molecular complexity index is 629. The molecular weight excluding hydrogens is 295 g/mol. The molecule has 1 aromatic heterocycles. The van der Waals surface area contributed by atoms with Crippen LogP contribution in [0.5, 0.6) is 0 Å². The Morgan fingerprint density at radius 2 is 2.05 bits per heavy atom. The fourth-order valence-corrected chi connectivity index (χ4v) is 2.29. The van der Waals surface area contributed by atoms with Gasteiger partial charge in [-0.2, -0.15) is 0 Å². The molecule has 0 fully saturated rings. The van der Waals surface area contributed by atoms with E-state index >= 15 is 0 Å². The van der Waals surface area contributed by atoms with Crippen molar-refractivity contribution in [2.75, 3.05) is 5.32 Å². The van der Waals surface area contributed by atoms with Crippen LogP contribution < -0.4 is 5.32 Å². The van der Waals surface area contributed by atoms with Crippen LogP contribution in [0.1, 0.15) is 17.5 Å². The highest BCUT2D eigenvalue weighted by Crippen LogP contribution is 2.22. The maximum absolute atomic E-state index is 11.9. The van der Waals surface area contributed by atoms with Crippen molar-refractivity contribution < 1.29 is 4.79 Å². The molecule has 0 bridgehead atoms. The summed E-state index contributed by atoms with van der Waals surface area (Å²) in [4.78, 5) is 15.9. The van der Waals surface area contributed by atoms with Gasteiger partial charge in [0, 0.05) is 22.7 Å².